The Labute approximate surface area is 440 Å². The van der Waals surface area contributed by atoms with E-state index < -0.39 is 0 Å². The van der Waals surface area contributed by atoms with Gasteiger partial charge < -0.3 is 19.4 Å². The van der Waals surface area contributed by atoms with Crippen LogP contribution in [0, 0.1) is 34.6 Å². The molecule has 0 fully saturated rings. The van der Waals surface area contributed by atoms with E-state index in [1.807, 2.05) is 0 Å². The molecule has 0 unspecified atom stereocenters. The Balaban J connectivity index is 0. The fraction of sp³-hybridized carbons (Fsp3) is 0.723. The summed E-state index contributed by atoms with van der Waals surface area (Å²) in [6.45, 7) is 29.9. The summed E-state index contributed by atoms with van der Waals surface area (Å²) in [5.41, 5.74) is 25.6. The molecule has 0 aliphatic heterocycles. The van der Waals surface area contributed by atoms with Crippen molar-refractivity contribution in [2.45, 2.75) is 307 Å². The van der Waals surface area contributed by atoms with Gasteiger partial charge in [0.25, 0.3) is 0 Å². The first-order valence-electron chi connectivity index (χ1n) is 29.2. The van der Waals surface area contributed by atoms with Gasteiger partial charge >= 0.3 is 26.3 Å². The molecule has 0 aromatic heterocycles. The predicted octanol–water partition coefficient (Wildman–Crippen LogP) is 21.9. The van der Waals surface area contributed by atoms with Crippen molar-refractivity contribution >= 4 is 11.4 Å². The molecule has 0 aliphatic rings. The molecule has 2 aromatic rings. The third kappa shape index (κ3) is 32.1. The van der Waals surface area contributed by atoms with Crippen LogP contribution in [0.4, 0.5) is 0 Å². The summed E-state index contributed by atoms with van der Waals surface area (Å²) < 4.78 is 0. The molecule has 0 saturated heterocycles. The fourth-order valence-corrected chi connectivity index (χ4v) is 9.23. The average Bonchev–Trinajstić information content (AvgIpc) is 3.33. The third-order valence-corrected chi connectivity index (χ3v) is 13.9. The van der Waals surface area contributed by atoms with E-state index >= 15 is 0 Å². The van der Waals surface area contributed by atoms with E-state index in [0.29, 0.717) is 0 Å². The van der Waals surface area contributed by atoms with Crippen molar-refractivity contribution in [2.75, 3.05) is 0 Å². The van der Waals surface area contributed by atoms with Crippen LogP contribution in [0.5, 0.6) is 0 Å². The van der Waals surface area contributed by atoms with Crippen molar-refractivity contribution in [3.05, 3.63) is 99.3 Å². The summed E-state index contributed by atoms with van der Waals surface area (Å²) >= 11 is 0. The zero-order valence-electron chi connectivity index (χ0n) is 47.1. The quantitative estimate of drug-likeness (QED) is 0.0122. The van der Waals surface area contributed by atoms with Crippen LogP contribution in [-0.4, -0.2) is 10.7 Å². The minimum atomic E-state index is 0. The number of nitrogens with zero attached hydrogens (tertiary/aromatic N) is 2. The van der Waals surface area contributed by atoms with Crippen LogP contribution in [0.3, 0.4) is 0 Å². The van der Waals surface area contributed by atoms with Gasteiger partial charge in [-0.15, -0.1) is 4.79 Å². The standard InChI is InChI=1S/C57H94N2.2C4H9.Pd/c1-9-14-19-23-24-25-26-27-28-29-30-31-32-36-41-56(52(46-59-58)37-18-13-5)57(53-42-47(6)49(8)48(7)43-53)54-44-50(38-33-20-15-10-2)55(40-35-22-17-12-4)51(45-54)39-34-21-16-11-3;2*1-3-4-2;/h42-45H,9-41H2,1-8H3;2*1,3-4H2,2H3;/q;2*-1;+2. The maximum absolute atomic E-state index is 10.1. The Morgan fingerprint density at radius 2 is 0.779 bits per heavy atom. The number of aryl methyl sites for hydroxylation is 4. The zero-order chi connectivity index (χ0) is 49.8. The van der Waals surface area contributed by atoms with Crippen LogP contribution in [-0.2, 0) is 39.7 Å². The molecule has 0 saturated carbocycles. The molecule has 2 aromatic carbocycles. The van der Waals surface area contributed by atoms with Gasteiger partial charge in [-0.1, -0.05) is 233 Å². The molecule has 0 atom stereocenters. The maximum Gasteiger partial charge on any atom is 2.00 e. The molecule has 2 rings (SSSR count). The Hall–Kier alpha value is -2.00. The minimum absolute atomic E-state index is 0. The van der Waals surface area contributed by atoms with Gasteiger partial charge in [-0.3, -0.25) is 0 Å². The van der Waals surface area contributed by atoms with Crippen LogP contribution in [0.1, 0.15) is 311 Å². The average molecular weight is 1030 g/mol. The number of hydrogen-bond acceptors (Lipinski definition) is 0. The molecule has 0 bridgehead atoms. The number of hydrogen-bond donors (Lipinski definition) is 0. The summed E-state index contributed by atoms with van der Waals surface area (Å²) in [7, 11) is 0. The van der Waals surface area contributed by atoms with E-state index in [-0.39, 0.29) is 20.4 Å². The SMILES string of the molecule is CCCCCCCCCCCCCCCCC(C(=C=[N+]=[N-])CCCC)=C(c1cc(C)c(C)c(C)c1)c1cc(CCCCCC)c(CCCCCC)c(CCCCCC)c1.[CH2-]CCC.[CH2-]CCC.[Pd+2]. The molecule has 2 nitrogen and oxygen atoms in total. The first kappa shape index (κ1) is 68.1. The van der Waals surface area contributed by atoms with Crippen LogP contribution in [0.25, 0.3) is 11.1 Å². The second-order valence-electron chi connectivity index (χ2n) is 20.1. The molecule has 392 valence electrons. The molecule has 0 heterocycles. The van der Waals surface area contributed by atoms with E-state index in [1.54, 1.807) is 16.7 Å². The van der Waals surface area contributed by atoms with Gasteiger partial charge in [0.1, 0.15) is 0 Å². The van der Waals surface area contributed by atoms with Crippen LogP contribution < -0.4 is 0 Å². The predicted molar refractivity (Wildman–Crippen MR) is 304 cm³/mol. The molecular formula is C65H112N2Pd. The largest absolute Gasteiger partial charge is 2.00 e. The van der Waals surface area contributed by atoms with E-state index in [0.717, 1.165) is 50.5 Å². The summed E-state index contributed by atoms with van der Waals surface area (Å²) in [5.74, 6) is 3.19. The van der Waals surface area contributed by atoms with E-state index in [9.17, 15) is 5.53 Å². The van der Waals surface area contributed by atoms with Gasteiger partial charge in [0.05, 0.1) is 5.57 Å². The van der Waals surface area contributed by atoms with Gasteiger partial charge in [0, 0.05) is 0 Å². The minimum Gasteiger partial charge on any atom is -0.348 e. The van der Waals surface area contributed by atoms with Crippen molar-refractivity contribution in [3.63, 3.8) is 0 Å². The molecule has 0 aliphatic carbocycles. The monoisotopic (exact) mass is 1030 g/mol. The molecule has 0 amide bonds. The second kappa shape index (κ2) is 48.6. The second-order valence-corrected chi connectivity index (χ2v) is 20.1. The van der Waals surface area contributed by atoms with Gasteiger partial charge in [0.15, 0.2) is 0 Å². The van der Waals surface area contributed by atoms with E-state index in [2.05, 4.69) is 118 Å². The smallest absolute Gasteiger partial charge is 0.348 e. The molecular weight excluding hydrogens is 915 g/mol. The maximum atomic E-state index is 10.1. The molecule has 0 radical (unpaired) electrons. The van der Waals surface area contributed by atoms with Crippen molar-refractivity contribution in [1.82, 2.24) is 0 Å². The number of allylic oxidation sites excluding steroid dienone is 2. The van der Waals surface area contributed by atoms with Crippen LogP contribution in [0.15, 0.2) is 35.4 Å². The Morgan fingerprint density at radius 1 is 0.441 bits per heavy atom. The first-order chi connectivity index (χ1) is 32.7. The topological polar surface area (TPSA) is 36.4 Å². The molecule has 68 heavy (non-hydrogen) atoms. The van der Waals surface area contributed by atoms with Crippen molar-refractivity contribution in [1.29, 1.82) is 0 Å². The number of rotatable bonds is 38. The van der Waals surface area contributed by atoms with Crippen molar-refractivity contribution in [3.8, 4) is 0 Å². The van der Waals surface area contributed by atoms with Gasteiger partial charge in [-0.2, -0.15) is 12.8 Å². The summed E-state index contributed by atoms with van der Waals surface area (Å²) in [6.07, 6.45) is 46.8. The van der Waals surface area contributed by atoms with Gasteiger partial charge in [-0.25, -0.2) is 0 Å². The zero-order valence-corrected chi connectivity index (χ0v) is 48.7. The van der Waals surface area contributed by atoms with Crippen molar-refractivity contribution in [2.24, 2.45) is 0 Å². The fourth-order valence-electron chi connectivity index (χ4n) is 9.23. The van der Waals surface area contributed by atoms with Crippen LogP contribution >= 0.6 is 0 Å². The summed E-state index contributed by atoms with van der Waals surface area (Å²) in [6, 6.07) is 10.2. The Kier molecular flexibility index (Phi) is 48.7. The Morgan fingerprint density at radius 3 is 1.15 bits per heavy atom. The normalized spacial score (nSPS) is 11.1. The molecule has 0 N–H and O–H groups in total. The summed E-state index contributed by atoms with van der Waals surface area (Å²) in [4.78, 5) is 3.64. The van der Waals surface area contributed by atoms with Gasteiger partial charge in [0.2, 0.25) is 0 Å². The number of benzene rings is 2. The van der Waals surface area contributed by atoms with E-state index in [1.165, 1.54) is 232 Å². The third-order valence-electron chi connectivity index (χ3n) is 13.9. The van der Waals surface area contributed by atoms with Crippen molar-refractivity contribution < 1.29 is 25.2 Å². The summed E-state index contributed by atoms with van der Waals surface area (Å²) in [5, 5.41) is 0. The molecule has 0 spiro atoms. The number of unbranched alkanes of at least 4 members (excludes halogenated alkanes) is 25. The Bertz CT molecular complexity index is 1540. The van der Waals surface area contributed by atoms with Gasteiger partial charge in [-0.05, 0) is 141 Å². The first-order valence-corrected chi connectivity index (χ1v) is 29.2. The molecule has 3 heteroatoms. The van der Waals surface area contributed by atoms with Crippen LogP contribution in [0.2, 0.25) is 0 Å². The van der Waals surface area contributed by atoms with E-state index in [4.69, 9.17) is 0 Å².